The summed E-state index contributed by atoms with van der Waals surface area (Å²) in [5, 5.41) is 0.0971. The molecule has 2 amide bonds. The van der Waals surface area contributed by atoms with Gasteiger partial charge in [-0.3, -0.25) is 9.59 Å². The second kappa shape index (κ2) is 6.42. The summed E-state index contributed by atoms with van der Waals surface area (Å²) in [5.41, 5.74) is 0.403. The minimum Gasteiger partial charge on any atom is -0.357 e. The fraction of sp³-hybridized carbons (Fsp3) is 0.250. The molecule has 0 unspecified atom stereocenters. The molecule has 0 atom stereocenters. The molecule has 1 aromatic heterocycles. The Kier molecular flexibility index (Phi) is 4.34. The number of carbonyl (C=O) groups excluding carboxylic acids is 2. The van der Waals surface area contributed by atoms with E-state index in [1.807, 2.05) is 0 Å². The third-order valence-electron chi connectivity index (χ3n) is 3.86. The summed E-state index contributed by atoms with van der Waals surface area (Å²) in [6.45, 7) is 1.48. The summed E-state index contributed by atoms with van der Waals surface area (Å²) >= 11 is 5.93. The molecule has 2 heterocycles. The Labute approximate surface area is 137 Å². The number of H-pyrrole nitrogens is 1. The van der Waals surface area contributed by atoms with Gasteiger partial charge < -0.3 is 14.8 Å². The SMILES string of the molecule is O=C(c1ccc[nH]1)N1CCN(C(=O)c2c(F)cccc2Cl)CC1. The number of amides is 2. The molecule has 0 saturated carbocycles. The molecule has 1 N–H and O–H groups in total. The topological polar surface area (TPSA) is 56.4 Å². The van der Waals surface area contributed by atoms with Crippen LogP contribution in [-0.4, -0.2) is 52.8 Å². The Bertz CT molecular complexity index is 705. The van der Waals surface area contributed by atoms with Gasteiger partial charge in [0.25, 0.3) is 11.8 Å². The molecular weight excluding hydrogens is 321 g/mol. The van der Waals surface area contributed by atoms with Gasteiger partial charge in [0.1, 0.15) is 11.5 Å². The third-order valence-corrected chi connectivity index (χ3v) is 4.17. The summed E-state index contributed by atoms with van der Waals surface area (Å²) in [4.78, 5) is 30.7. The Morgan fingerprint density at radius 2 is 1.65 bits per heavy atom. The summed E-state index contributed by atoms with van der Waals surface area (Å²) in [6.07, 6.45) is 1.69. The van der Waals surface area contributed by atoms with Crippen LogP contribution < -0.4 is 0 Å². The average molecular weight is 336 g/mol. The Balaban J connectivity index is 1.67. The summed E-state index contributed by atoms with van der Waals surface area (Å²) in [7, 11) is 0. The second-order valence-electron chi connectivity index (χ2n) is 5.26. The zero-order valence-electron chi connectivity index (χ0n) is 12.3. The van der Waals surface area contributed by atoms with Crippen molar-refractivity contribution >= 4 is 23.4 Å². The maximum Gasteiger partial charge on any atom is 0.270 e. The maximum atomic E-state index is 13.8. The van der Waals surface area contributed by atoms with E-state index in [-0.39, 0.29) is 16.5 Å². The number of halogens is 2. The highest BCUT2D eigenvalue weighted by Gasteiger charge is 2.28. The van der Waals surface area contributed by atoms with Crippen molar-refractivity contribution in [2.24, 2.45) is 0 Å². The Hall–Kier alpha value is -2.34. The van der Waals surface area contributed by atoms with E-state index >= 15 is 0 Å². The molecule has 23 heavy (non-hydrogen) atoms. The van der Waals surface area contributed by atoms with Crippen molar-refractivity contribution < 1.29 is 14.0 Å². The lowest BCUT2D eigenvalue weighted by atomic mass is 10.1. The smallest absolute Gasteiger partial charge is 0.270 e. The van der Waals surface area contributed by atoms with Crippen LogP contribution in [0.1, 0.15) is 20.8 Å². The largest absolute Gasteiger partial charge is 0.357 e. The predicted molar refractivity (Wildman–Crippen MR) is 84.0 cm³/mol. The number of piperazine rings is 1. The highest BCUT2D eigenvalue weighted by Crippen LogP contribution is 2.21. The van der Waals surface area contributed by atoms with Gasteiger partial charge >= 0.3 is 0 Å². The number of nitrogens with zero attached hydrogens (tertiary/aromatic N) is 2. The number of hydrogen-bond donors (Lipinski definition) is 1. The molecule has 1 aliphatic rings. The number of aromatic nitrogens is 1. The molecule has 0 radical (unpaired) electrons. The maximum absolute atomic E-state index is 13.8. The minimum absolute atomic E-state index is 0.0971. The highest BCUT2D eigenvalue weighted by molar-refractivity contribution is 6.33. The standard InChI is InChI=1S/C16H15ClFN3O2/c17-11-3-1-4-12(18)14(11)16(23)21-9-7-20(8-10-21)15(22)13-5-2-6-19-13/h1-6,19H,7-10H2. The van der Waals surface area contributed by atoms with Crippen molar-refractivity contribution in [1.29, 1.82) is 0 Å². The van der Waals surface area contributed by atoms with Gasteiger partial charge in [-0.15, -0.1) is 0 Å². The van der Waals surface area contributed by atoms with Crippen LogP contribution in [-0.2, 0) is 0 Å². The molecule has 1 saturated heterocycles. The molecule has 0 spiro atoms. The van der Waals surface area contributed by atoms with Gasteiger partial charge in [-0.2, -0.15) is 0 Å². The van der Waals surface area contributed by atoms with Crippen molar-refractivity contribution in [2.75, 3.05) is 26.2 Å². The van der Waals surface area contributed by atoms with Crippen LogP contribution in [0.15, 0.2) is 36.5 Å². The first-order valence-electron chi connectivity index (χ1n) is 7.24. The molecular formula is C16H15ClFN3O2. The van der Waals surface area contributed by atoms with E-state index in [2.05, 4.69) is 4.98 Å². The van der Waals surface area contributed by atoms with E-state index in [0.29, 0.717) is 31.9 Å². The molecule has 1 fully saturated rings. The van der Waals surface area contributed by atoms with Crippen molar-refractivity contribution in [3.63, 3.8) is 0 Å². The number of rotatable bonds is 2. The van der Waals surface area contributed by atoms with Crippen molar-refractivity contribution in [3.05, 3.63) is 58.6 Å². The summed E-state index contributed by atoms with van der Waals surface area (Å²) < 4.78 is 13.8. The molecule has 0 aliphatic carbocycles. The third kappa shape index (κ3) is 3.07. The molecule has 3 rings (SSSR count). The van der Waals surface area contributed by atoms with E-state index in [1.54, 1.807) is 23.2 Å². The van der Waals surface area contributed by atoms with E-state index in [0.717, 1.165) is 0 Å². The number of benzene rings is 1. The van der Waals surface area contributed by atoms with Crippen molar-refractivity contribution in [2.45, 2.75) is 0 Å². The Morgan fingerprint density at radius 1 is 1.00 bits per heavy atom. The lowest BCUT2D eigenvalue weighted by Gasteiger charge is -2.34. The number of hydrogen-bond acceptors (Lipinski definition) is 2. The van der Waals surface area contributed by atoms with E-state index < -0.39 is 11.7 Å². The zero-order valence-corrected chi connectivity index (χ0v) is 13.0. The van der Waals surface area contributed by atoms with Crippen LogP contribution in [0, 0.1) is 5.82 Å². The second-order valence-corrected chi connectivity index (χ2v) is 5.67. The van der Waals surface area contributed by atoms with Gasteiger partial charge in [-0.25, -0.2) is 4.39 Å². The van der Waals surface area contributed by atoms with Gasteiger partial charge in [-0.1, -0.05) is 17.7 Å². The van der Waals surface area contributed by atoms with Gasteiger partial charge in [0.2, 0.25) is 0 Å². The zero-order chi connectivity index (χ0) is 16.4. The van der Waals surface area contributed by atoms with Crippen molar-refractivity contribution in [3.8, 4) is 0 Å². The quantitative estimate of drug-likeness (QED) is 0.916. The number of carbonyl (C=O) groups is 2. The molecule has 0 bridgehead atoms. The molecule has 7 heteroatoms. The summed E-state index contributed by atoms with van der Waals surface area (Å²) in [5.74, 6) is -1.18. The average Bonchev–Trinajstić information content (AvgIpc) is 3.08. The molecule has 2 aromatic rings. The van der Waals surface area contributed by atoms with Crippen LogP contribution in [0.5, 0.6) is 0 Å². The number of nitrogens with one attached hydrogen (secondary N) is 1. The van der Waals surface area contributed by atoms with Gasteiger partial charge in [0, 0.05) is 32.4 Å². The van der Waals surface area contributed by atoms with Gasteiger partial charge in [-0.05, 0) is 24.3 Å². The van der Waals surface area contributed by atoms with Crippen LogP contribution in [0.4, 0.5) is 4.39 Å². The number of aromatic amines is 1. The van der Waals surface area contributed by atoms with Crippen LogP contribution in [0.25, 0.3) is 0 Å². The van der Waals surface area contributed by atoms with Gasteiger partial charge in [0.15, 0.2) is 0 Å². The first-order valence-corrected chi connectivity index (χ1v) is 7.61. The molecule has 120 valence electrons. The molecule has 1 aliphatic heterocycles. The monoisotopic (exact) mass is 335 g/mol. The predicted octanol–water partition coefficient (Wildman–Crippen LogP) is 2.41. The normalized spacial score (nSPS) is 14.9. The fourth-order valence-electron chi connectivity index (χ4n) is 2.61. The lowest BCUT2D eigenvalue weighted by molar-refractivity contribution is 0.0530. The van der Waals surface area contributed by atoms with E-state index in [9.17, 15) is 14.0 Å². The van der Waals surface area contributed by atoms with Gasteiger partial charge in [0.05, 0.1) is 10.6 Å². The first kappa shape index (κ1) is 15.6. The fourth-order valence-corrected chi connectivity index (χ4v) is 2.85. The molecule has 5 nitrogen and oxygen atoms in total. The summed E-state index contributed by atoms with van der Waals surface area (Å²) in [6, 6.07) is 7.63. The van der Waals surface area contributed by atoms with Crippen LogP contribution in [0.3, 0.4) is 0 Å². The highest BCUT2D eigenvalue weighted by atomic mass is 35.5. The van der Waals surface area contributed by atoms with Crippen molar-refractivity contribution in [1.82, 2.24) is 14.8 Å². The van der Waals surface area contributed by atoms with E-state index in [1.165, 1.54) is 23.1 Å². The minimum atomic E-state index is -0.632. The first-order chi connectivity index (χ1) is 11.1. The van der Waals surface area contributed by atoms with E-state index in [4.69, 9.17) is 11.6 Å². The molecule has 1 aromatic carbocycles. The van der Waals surface area contributed by atoms with Crippen LogP contribution in [0.2, 0.25) is 5.02 Å². The Morgan fingerprint density at radius 3 is 2.22 bits per heavy atom. The van der Waals surface area contributed by atoms with Crippen LogP contribution >= 0.6 is 11.6 Å². The lowest BCUT2D eigenvalue weighted by Crippen LogP contribution is -2.50.